The summed E-state index contributed by atoms with van der Waals surface area (Å²) in [5, 5.41) is 7.91. The van der Waals surface area contributed by atoms with E-state index in [1.54, 1.807) is 0 Å². The molecule has 6 aromatic rings. The van der Waals surface area contributed by atoms with Crippen LogP contribution in [0, 0.1) is 0 Å². The molecule has 7 rings (SSSR count). The van der Waals surface area contributed by atoms with Crippen LogP contribution in [0.4, 0.5) is 0 Å². The summed E-state index contributed by atoms with van der Waals surface area (Å²) in [6.45, 7) is 0. The summed E-state index contributed by atoms with van der Waals surface area (Å²) in [5.74, 6) is 0. The zero-order chi connectivity index (χ0) is 20.4. The summed E-state index contributed by atoms with van der Waals surface area (Å²) in [6, 6.07) is 40.3. The van der Waals surface area contributed by atoms with Crippen molar-refractivity contribution in [1.82, 2.24) is 0 Å². The molecule has 0 unspecified atom stereocenters. The van der Waals surface area contributed by atoms with Gasteiger partial charge in [0.2, 0.25) is 0 Å². The largest absolute Gasteiger partial charge is 0.0616 e. The second-order valence-electron chi connectivity index (χ2n) is 8.59. The maximum atomic E-state index is 2.40. The average molecular weight is 393 g/mol. The van der Waals surface area contributed by atoms with Gasteiger partial charge in [0.1, 0.15) is 0 Å². The molecule has 1 aliphatic carbocycles. The molecule has 0 saturated heterocycles. The number of rotatable bonds is 1. The van der Waals surface area contributed by atoms with Gasteiger partial charge in [-0.05, 0) is 90.3 Å². The fourth-order valence-electron chi connectivity index (χ4n) is 5.36. The minimum absolute atomic E-state index is 0.997. The van der Waals surface area contributed by atoms with Gasteiger partial charge < -0.3 is 0 Å². The molecule has 31 heavy (non-hydrogen) atoms. The topological polar surface area (TPSA) is 0 Å². The molecule has 0 nitrogen and oxygen atoms in total. The van der Waals surface area contributed by atoms with E-state index in [9.17, 15) is 0 Å². The van der Waals surface area contributed by atoms with Crippen molar-refractivity contribution < 1.29 is 0 Å². The highest BCUT2D eigenvalue weighted by Crippen LogP contribution is 2.47. The number of hydrogen-bond donors (Lipinski definition) is 0. The highest BCUT2D eigenvalue weighted by atomic mass is 14.3. The highest BCUT2D eigenvalue weighted by molar-refractivity contribution is 6.05. The average Bonchev–Trinajstić information content (AvgIpc) is 3.20. The fraction of sp³-hybridized carbons (Fsp3) is 0.0323. The lowest BCUT2D eigenvalue weighted by Gasteiger charge is -2.14. The Hall–Kier alpha value is -3.90. The van der Waals surface area contributed by atoms with Crippen molar-refractivity contribution in [2.24, 2.45) is 0 Å². The van der Waals surface area contributed by atoms with Gasteiger partial charge in [0.05, 0.1) is 0 Å². The van der Waals surface area contributed by atoms with E-state index < -0.39 is 0 Å². The molecule has 0 N–H and O–H groups in total. The van der Waals surface area contributed by atoms with E-state index in [1.807, 2.05) is 0 Å². The molecule has 0 bridgehead atoms. The first-order valence-corrected chi connectivity index (χ1v) is 10.9. The van der Waals surface area contributed by atoms with Crippen LogP contribution < -0.4 is 0 Å². The Kier molecular flexibility index (Phi) is 3.42. The molecule has 0 amide bonds. The molecule has 0 atom stereocenters. The molecule has 1 aliphatic rings. The lowest BCUT2D eigenvalue weighted by molar-refractivity contribution is 1.29. The van der Waals surface area contributed by atoms with Crippen molar-refractivity contribution in [2.45, 2.75) is 6.42 Å². The Morgan fingerprint density at radius 2 is 1.06 bits per heavy atom. The zero-order valence-corrected chi connectivity index (χ0v) is 17.1. The van der Waals surface area contributed by atoms with Gasteiger partial charge in [-0.25, -0.2) is 0 Å². The van der Waals surface area contributed by atoms with E-state index in [1.165, 1.54) is 65.7 Å². The lowest BCUT2D eigenvalue weighted by atomic mass is 9.89. The van der Waals surface area contributed by atoms with Gasteiger partial charge in [0.15, 0.2) is 0 Å². The van der Waals surface area contributed by atoms with Crippen LogP contribution in [0.5, 0.6) is 0 Å². The molecule has 0 heterocycles. The summed E-state index contributed by atoms with van der Waals surface area (Å²) in [4.78, 5) is 0. The quantitative estimate of drug-likeness (QED) is 0.263. The van der Waals surface area contributed by atoms with Gasteiger partial charge in [0, 0.05) is 0 Å². The maximum absolute atomic E-state index is 2.40. The summed E-state index contributed by atoms with van der Waals surface area (Å²) < 4.78 is 0. The van der Waals surface area contributed by atoms with E-state index in [2.05, 4.69) is 109 Å². The first kappa shape index (κ1) is 16.8. The third-order valence-corrected chi connectivity index (χ3v) is 6.83. The summed E-state index contributed by atoms with van der Waals surface area (Å²) in [7, 11) is 0. The standard InChI is InChI=1S/C31H20/c1-2-8-21-15-25(14-13-20(21)7-1)28-18-24-11-5-6-12-27(24)30-19-26-16-22-9-3-4-10-23(22)17-29(26)31(28)30/h1-18H,19H2. The molecule has 0 spiro atoms. The van der Waals surface area contributed by atoms with Crippen LogP contribution in [0.2, 0.25) is 0 Å². The fourth-order valence-corrected chi connectivity index (χ4v) is 5.36. The molecule has 0 aromatic heterocycles. The predicted octanol–water partition coefficient (Wildman–Crippen LogP) is 8.38. The van der Waals surface area contributed by atoms with Crippen LogP contribution in [0.15, 0.2) is 109 Å². The summed E-state index contributed by atoms with van der Waals surface area (Å²) in [5.41, 5.74) is 8.34. The zero-order valence-electron chi connectivity index (χ0n) is 17.1. The van der Waals surface area contributed by atoms with E-state index >= 15 is 0 Å². The van der Waals surface area contributed by atoms with Crippen molar-refractivity contribution in [3.8, 4) is 22.3 Å². The van der Waals surface area contributed by atoms with Crippen LogP contribution in [0.1, 0.15) is 11.1 Å². The molecular formula is C31H20. The van der Waals surface area contributed by atoms with Gasteiger partial charge in [0.25, 0.3) is 0 Å². The third-order valence-electron chi connectivity index (χ3n) is 6.83. The van der Waals surface area contributed by atoms with Crippen molar-refractivity contribution in [3.05, 3.63) is 120 Å². The van der Waals surface area contributed by atoms with Crippen LogP contribution >= 0.6 is 0 Å². The molecular weight excluding hydrogens is 372 g/mol. The predicted molar refractivity (Wildman–Crippen MR) is 133 cm³/mol. The number of hydrogen-bond acceptors (Lipinski definition) is 0. The normalized spacial score (nSPS) is 12.4. The molecule has 144 valence electrons. The minimum Gasteiger partial charge on any atom is -0.0616 e. The van der Waals surface area contributed by atoms with Crippen molar-refractivity contribution in [1.29, 1.82) is 0 Å². The van der Waals surface area contributed by atoms with Gasteiger partial charge in [-0.1, -0.05) is 91.0 Å². The third kappa shape index (κ3) is 2.49. The highest BCUT2D eigenvalue weighted by Gasteiger charge is 2.25. The van der Waals surface area contributed by atoms with Crippen molar-refractivity contribution >= 4 is 32.3 Å². The molecule has 0 heteroatoms. The smallest absolute Gasteiger partial charge is 0.000683 e. The number of fused-ring (bicyclic) bond motifs is 7. The van der Waals surface area contributed by atoms with Crippen LogP contribution in [-0.2, 0) is 6.42 Å². The first-order chi connectivity index (χ1) is 15.3. The van der Waals surface area contributed by atoms with Crippen LogP contribution in [0.25, 0.3) is 54.6 Å². The Labute approximate surface area is 181 Å². The van der Waals surface area contributed by atoms with Gasteiger partial charge >= 0.3 is 0 Å². The molecule has 6 aromatic carbocycles. The van der Waals surface area contributed by atoms with Gasteiger partial charge in [-0.3, -0.25) is 0 Å². The van der Waals surface area contributed by atoms with Gasteiger partial charge in [-0.2, -0.15) is 0 Å². The maximum Gasteiger partial charge on any atom is -0.000683 e. The summed E-state index contributed by atoms with van der Waals surface area (Å²) >= 11 is 0. The van der Waals surface area contributed by atoms with E-state index in [0.29, 0.717) is 0 Å². The Bertz CT molecular complexity index is 1650. The van der Waals surface area contributed by atoms with Crippen molar-refractivity contribution in [3.63, 3.8) is 0 Å². The van der Waals surface area contributed by atoms with Crippen molar-refractivity contribution in [2.75, 3.05) is 0 Å². The molecule has 0 fully saturated rings. The number of benzene rings is 6. The first-order valence-electron chi connectivity index (χ1n) is 10.9. The lowest BCUT2D eigenvalue weighted by Crippen LogP contribution is -1.89. The molecule has 0 aliphatic heterocycles. The SMILES string of the molecule is c1ccc2cc(-c3cc4ccccc4c4c3-c3cc5ccccc5cc3C4)ccc2c1. The Morgan fingerprint density at radius 3 is 1.87 bits per heavy atom. The second kappa shape index (κ2) is 6.30. The Morgan fingerprint density at radius 1 is 0.452 bits per heavy atom. The second-order valence-corrected chi connectivity index (χ2v) is 8.59. The molecule has 0 saturated carbocycles. The molecule has 0 radical (unpaired) electrons. The Balaban J connectivity index is 1.58. The van der Waals surface area contributed by atoms with E-state index in [4.69, 9.17) is 0 Å². The van der Waals surface area contributed by atoms with Gasteiger partial charge in [-0.15, -0.1) is 0 Å². The van der Waals surface area contributed by atoms with E-state index in [0.717, 1.165) is 6.42 Å². The minimum atomic E-state index is 0.997. The monoisotopic (exact) mass is 392 g/mol. The van der Waals surface area contributed by atoms with Crippen LogP contribution in [-0.4, -0.2) is 0 Å². The summed E-state index contributed by atoms with van der Waals surface area (Å²) in [6.07, 6.45) is 0.997. The van der Waals surface area contributed by atoms with E-state index in [-0.39, 0.29) is 0 Å². The van der Waals surface area contributed by atoms with Crippen LogP contribution in [0.3, 0.4) is 0 Å².